The van der Waals surface area contributed by atoms with Crippen LogP contribution in [-0.2, 0) is 4.74 Å². The van der Waals surface area contributed by atoms with Gasteiger partial charge in [-0.2, -0.15) is 0 Å². The van der Waals surface area contributed by atoms with Crippen molar-refractivity contribution in [3.05, 3.63) is 30.3 Å². The summed E-state index contributed by atoms with van der Waals surface area (Å²) >= 11 is 0. The lowest BCUT2D eigenvalue weighted by atomic mass is 10.1. The Bertz CT molecular complexity index is 438. The zero-order valence-electron chi connectivity index (χ0n) is 14.1. The number of para-hydroxylation sites is 1. The van der Waals surface area contributed by atoms with E-state index < -0.39 is 0 Å². The van der Waals surface area contributed by atoms with Crippen LogP contribution in [0.1, 0.15) is 20.8 Å². The van der Waals surface area contributed by atoms with E-state index in [-0.39, 0.29) is 35.7 Å². The van der Waals surface area contributed by atoms with Gasteiger partial charge in [-0.05, 0) is 32.9 Å². The third kappa shape index (κ3) is 8.43. The number of halogens is 1. The average Bonchev–Trinajstić information content (AvgIpc) is 2.48. The molecule has 0 heterocycles. The number of rotatable bonds is 7. The first kappa shape index (κ1) is 21.0. The van der Waals surface area contributed by atoms with Gasteiger partial charge in [0, 0.05) is 20.7 Å². The maximum atomic E-state index is 5.81. The normalized spacial score (nSPS) is 13.0. The van der Waals surface area contributed by atoms with Crippen LogP contribution in [-0.4, -0.2) is 44.9 Å². The Kier molecular flexibility index (Phi) is 10.2. The van der Waals surface area contributed by atoms with E-state index >= 15 is 0 Å². The zero-order valence-corrected chi connectivity index (χ0v) is 16.4. The predicted octanol–water partition coefficient (Wildman–Crippen LogP) is 2.66. The van der Waals surface area contributed by atoms with Gasteiger partial charge in [-0.3, -0.25) is 4.99 Å². The number of benzene rings is 1. The molecule has 0 radical (unpaired) electrons. The fourth-order valence-electron chi connectivity index (χ4n) is 1.60. The molecule has 0 aliphatic rings. The summed E-state index contributed by atoms with van der Waals surface area (Å²) < 4.78 is 11.2. The molecule has 0 saturated carbocycles. The van der Waals surface area contributed by atoms with Crippen molar-refractivity contribution >= 4 is 29.9 Å². The van der Waals surface area contributed by atoms with E-state index in [1.807, 2.05) is 51.1 Å². The Morgan fingerprint density at radius 1 is 1.23 bits per heavy atom. The molecule has 0 amide bonds. The molecule has 2 N–H and O–H groups in total. The molecule has 1 rings (SSSR count). The van der Waals surface area contributed by atoms with E-state index in [1.165, 1.54) is 0 Å². The van der Waals surface area contributed by atoms with Crippen LogP contribution in [0.25, 0.3) is 0 Å². The smallest absolute Gasteiger partial charge is 0.191 e. The second-order valence-corrected chi connectivity index (χ2v) is 5.51. The highest BCUT2D eigenvalue weighted by molar-refractivity contribution is 14.0. The van der Waals surface area contributed by atoms with Gasteiger partial charge >= 0.3 is 0 Å². The number of methoxy groups -OCH3 is 1. The van der Waals surface area contributed by atoms with E-state index in [1.54, 1.807) is 14.2 Å². The lowest BCUT2D eigenvalue weighted by molar-refractivity contribution is 0.0268. The predicted molar refractivity (Wildman–Crippen MR) is 102 cm³/mol. The average molecular weight is 421 g/mol. The molecule has 1 unspecified atom stereocenters. The summed E-state index contributed by atoms with van der Waals surface area (Å²) in [6.07, 6.45) is 0.0429. The molecule has 5 nitrogen and oxygen atoms in total. The van der Waals surface area contributed by atoms with Gasteiger partial charge in [0.1, 0.15) is 11.9 Å². The lowest BCUT2D eigenvalue weighted by Crippen LogP contribution is -2.47. The minimum Gasteiger partial charge on any atom is -0.489 e. The van der Waals surface area contributed by atoms with Crippen LogP contribution in [0.15, 0.2) is 35.3 Å². The summed E-state index contributed by atoms with van der Waals surface area (Å²) in [4.78, 5) is 4.19. The summed E-state index contributed by atoms with van der Waals surface area (Å²) in [6.45, 7) is 7.41. The molecule has 0 aliphatic heterocycles. The Labute approximate surface area is 150 Å². The van der Waals surface area contributed by atoms with Crippen molar-refractivity contribution in [1.29, 1.82) is 0 Å². The largest absolute Gasteiger partial charge is 0.489 e. The van der Waals surface area contributed by atoms with Gasteiger partial charge in [0.25, 0.3) is 0 Å². The molecular weight excluding hydrogens is 393 g/mol. The highest BCUT2D eigenvalue weighted by atomic mass is 127. The number of nitrogens with zero attached hydrogens (tertiary/aromatic N) is 1. The van der Waals surface area contributed by atoms with Crippen molar-refractivity contribution in [3.63, 3.8) is 0 Å². The Balaban J connectivity index is 0.00000441. The van der Waals surface area contributed by atoms with Crippen molar-refractivity contribution < 1.29 is 9.47 Å². The number of guanidine groups is 1. The van der Waals surface area contributed by atoms with Gasteiger partial charge in [0.05, 0.1) is 12.1 Å². The van der Waals surface area contributed by atoms with Crippen LogP contribution in [0.3, 0.4) is 0 Å². The summed E-state index contributed by atoms with van der Waals surface area (Å²) in [5.74, 6) is 1.61. The monoisotopic (exact) mass is 421 g/mol. The molecule has 1 atom stereocenters. The Hall–Kier alpha value is -1.02. The van der Waals surface area contributed by atoms with Gasteiger partial charge in [-0.1, -0.05) is 18.2 Å². The third-order valence-corrected chi connectivity index (χ3v) is 3.10. The van der Waals surface area contributed by atoms with Gasteiger partial charge in [-0.15, -0.1) is 24.0 Å². The van der Waals surface area contributed by atoms with Crippen molar-refractivity contribution in [1.82, 2.24) is 10.6 Å². The molecule has 0 saturated heterocycles. The second-order valence-electron chi connectivity index (χ2n) is 5.51. The lowest BCUT2D eigenvalue weighted by Gasteiger charge is -2.25. The molecule has 126 valence electrons. The van der Waals surface area contributed by atoms with Crippen LogP contribution in [0.4, 0.5) is 0 Å². The van der Waals surface area contributed by atoms with Gasteiger partial charge in [0.2, 0.25) is 0 Å². The maximum absolute atomic E-state index is 5.81. The third-order valence-electron chi connectivity index (χ3n) is 3.10. The van der Waals surface area contributed by atoms with Crippen LogP contribution >= 0.6 is 24.0 Å². The second kappa shape index (κ2) is 10.7. The summed E-state index contributed by atoms with van der Waals surface area (Å²) in [5.41, 5.74) is -0.232. The van der Waals surface area contributed by atoms with Gasteiger partial charge in [0.15, 0.2) is 5.96 Å². The zero-order chi connectivity index (χ0) is 15.7. The Morgan fingerprint density at radius 3 is 2.41 bits per heavy atom. The first-order chi connectivity index (χ1) is 9.96. The SMILES string of the molecule is CN=C(NCC(C)Oc1ccccc1)NCC(C)(C)OC.I. The molecule has 0 bridgehead atoms. The van der Waals surface area contributed by atoms with Gasteiger partial charge in [-0.25, -0.2) is 0 Å². The van der Waals surface area contributed by atoms with Crippen LogP contribution in [0, 0.1) is 0 Å². The van der Waals surface area contributed by atoms with Crippen molar-refractivity contribution in [2.24, 2.45) is 4.99 Å². The van der Waals surface area contributed by atoms with Crippen LogP contribution < -0.4 is 15.4 Å². The summed E-state index contributed by atoms with van der Waals surface area (Å²) in [7, 11) is 3.45. The van der Waals surface area contributed by atoms with Crippen LogP contribution in [0.2, 0.25) is 0 Å². The molecule has 0 spiro atoms. The van der Waals surface area contributed by atoms with E-state index in [0.29, 0.717) is 13.1 Å². The molecule has 6 heteroatoms. The van der Waals surface area contributed by atoms with Crippen molar-refractivity contribution in [3.8, 4) is 5.75 Å². The fourth-order valence-corrected chi connectivity index (χ4v) is 1.60. The molecule has 0 fully saturated rings. The highest BCUT2D eigenvalue weighted by Crippen LogP contribution is 2.10. The molecule has 0 aliphatic carbocycles. The highest BCUT2D eigenvalue weighted by Gasteiger charge is 2.16. The van der Waals surface area contributed by atoms with Crippen molar-refractivity contribution in [2.75, 3.05) is 27.2 Å². The molecular formula is C16H28IN3O2. The molecule has 1 aromatic carbocycles. The topological polar surface area (TPSA) is 54.9 Å². The standard InChI is InChI=1S/C16H27N3O2.HI/c1-13(21-14-9-7-6-8-10-14)11-18-15(17-4)19-12-16(2,3)20-5;/h6-10,13H,11-12H2,1-5H3,(H2,17,18,19);1H. The molecule has 1 aromatic rings. The van der Waals surface area contributed by atoms with Gasteiger partial charge < -0.3 is 20.1 Å². The minimum atomic E-state index is -0.232. The first-order valence-electron chi connectivity index (χ1n) is 7.18. The Morgan fingerprint density at radius 2 is 1.86 bits per heavy atom. The van der Waals surface area contributed by atoms with E-state index in [9.17, 15) is 0 Å². The number of ether oxygens (including phenoxy) is 2. The number of hydrogen-bond acceptors (Lipinski definition) is 3. The minimum absolute atomic E-state index is 0. The van der Waals surface area contributed by atoms with Crippen LogP contribution in [0.5, 0.6) is 5.75 Å². The number of hydrogen-bond donors (Lipinski definition) is 2. The summed E-state index contributed by atoms with van der Waals surface area (Å²) in [5, 5.41) is 6.48. The van der Waals surface area contributed by atoms with E-state index in [2.05, 4.69) is 15.6 Å². The van der Waals surface area contributed by atoms with E-state index in [4.69, 9.17) is 9.47 Å². The van der Waals surface area contributed by atoms with E-state index in [0.717, 1.165) is 11.7 Å². The number of aliphatic imine (C=N–C) groups is 1. The molecule has 0 aromatic heterocycles. The first-order valence-corrected chi connectivity index (χ1v) is 7.18. The maximum Gasteiger partial charge on any atom is 0.191 e. The quantitative estimate of drug-likeness (QED) is 0.404. The number of nitrogens with one attached hydrogen (secondary N) is 2. The summed E-state index contributed by atoms with van der Waals surface area (Å²) in [6, 6.07) is 9.79. The fraction of sp³-hybridized carbons (Fsp3) is 0.562. The van der Waals surface area contributed by atoms with Crippen molar-refractivity contribution in [2.45, 2.75) is 32.5 Å². The molecule has 22 heavy (non-hydrogen) atoms.